The summed E-state index contributed by atoms with van der Waals surface area (Å²) in [5.74, 6) is -56.6. The van der Waals surface area contributed by atoms with Crippen LogP contribution in [0.2, 0.25) is 0 Å². The molecule has 0 fully saturated rings. The summed E-state index contributed by atoms with van der Waals surface area (Å²) in [5, 5.41) is 0. The topological polar surface area (TPSA) is 12.5 Å². The highest BCUT2D eigenvalue weighted by Gasteiger charge is 2.95. The molecule has 0 aliphatic carbocycles. The normalized spacial score (nSPS) is 16.0. The molecule has 19 heteroatoms. The Hall–Kier alpha value is -2.21. The van der Waals surface area contributed by atoms with E-state index in [4.69, 9.17) is 0 Å². The highest BCUT2D eigenvalue weighted by molar-refractivity contribution is 5.47. The van der Waals surface area contributed by atoms with Gasteiger partial charge in [-0.15, -0.1) is 0 Å². The minimum absolute atomic E-state index is 0.170. The van der Waals surface area contributed by atoms with Crippen LogP contribution in [0.4, 0.5) is 80.3 Å². The minimum atomic E-state index is -8.65. The van der Waals surface area contributed by atoms with Crippen molar-refractivity contribution in [2.24, 2.45) is 0 Å². The first-order valence-electron chi connectivity index (χ1n) is 9.60. The number of hydrogen-bond acceptors (Lipinski definition) is 2. The zero-order chi connectivity index (χ0) is 30.6. The smallest absolute Gasteiger partial charge is 0.378 e. The van der Waals surface area contributed by atoms with Gasteiger partial charge in [0.2, 0.25) is 0 Å². The van der Waals surface area contributed by atoms with Crippen LogP contribution in [0.25, 0.3) is 0 Å². The summed E-state index contributed by atoms with van der Waals surface area (Å²) >= 11 is 0. The number of anilines is 1. The fourth-order valence-electron chi connectivity index (χ4n) is 2.90. The van der Waals surface area contributed by atoms with Crippen molar-refractivity contribution < 1.29 is 79.4 Å². The third-order valence-electron chi connectivity index (χ3n) is 5.27. The summed E-state index contributed by atoms with van der Waals surface area (Å²) in [5.41, 5.74) is -0.310. The maximum atomic E-state index is 14.3. The van der Waals surface area contributed by atoms with Crippen molar-refractivity contribution in [2.75, 3.05) is 26.1 Å². The standard InChI is InChI=1S/C19H16F17NO/c1-37(2)10-6-4-5-9(7-10)11(38-3)8-12(20,21)13(22,23)14(24,25)15(26,27)16(28,29)17(30,31)18(32,33)19(34,35)36/h4-7,11H,8H2,1-3H3. The molecule has 0 amide bonds. The van der Waals surface area contributed by atoms with Crippen LogP contribution < -0.4 is 4.90 Å². The second-order valence-electron chi connectivity index (χ2n) is 8.07. The maximum Gasteiger partial charge on any atom is 0.460 e. The third-order valence-corrected chi connectivity index (χ3v) is 5.27. The first kappa shape index (κ1) is 33.8. The molecule has 0 bridgehead atoms. The zero-order valence-corrected chi connectivity index (χ0v) is 18.9. The fourth-order valence-corrected chi connectivity index (χ4v) is 2.90. The summed E-state index contributed by atoms with van der Waals surface area (Å²) in [4.78, 5) is 1.32. The average Bonchev–Trinajstić information content (AvgIpc) is 2.75. The highest BCUT2D eigenvalue weighted by atomic mass is 19.4. The van der Waals surface area contributed by atoms with Crippen LogP contribution in [-0.4, -0.2) is 68.8 Å². The van der Waals surface area contributed by atoms with Crippen LogP contribution in [0.5, 0.6) is 0 Å². The van der Waals surface area contributed by atoms with Crippen LogP contribution in [-0.2, 0) is 4.74 Å². The SMILES string of the molecule is COC(CC(F)(F)C(F)(F)C(F)(F)C(F)(F)C(F)(F)C(F)(F)C(F)(F)C(F)(F)F)c1cccc(N(C)C)c1. The van der Waals surface area contributed by atoms with E-state index in [0.717, 1.165) is 18.2 Å². The molecule has 1 rings (SSSR count). The molecule has 1 atom stereocenters. The van der Waals surface area contributed by atoms with Crippen LogP contribution in [0, 0.1) is 0 Å². The molecule has 0 radical (unpaired) electrons. The average molecular weight is 597 g/mol. The van der Waals surface area contributed by atoms with Crippen LogP contribution in [0.1, 0.15) is 18.1 Å². The molecule has 0 aliphatic rings. The van der Waals surface area contributed by atoms with Crippen molar-refractivity contribution in [1.29, 1.82) is 0 Å². The molecule has 0 saturated carbocycles. The van der Waals surface area contributed by atoms with Gasteiger partial charge in [0.25, 0.3) is 0 Å². The van der Waals surface area contributed by atoms with E-state index in [1.807, 2.05) is 0 Å². The number of benzene rings is 1. The van der Waals surface area contributed by atoms with E-state index in [-0.39, 0.29) is 5.69 Å². The molecule has 0 aliphatic heterocycles. The molecule has 1 aromatic rings. The summed E-state index contributed by atoms with van der Waals surface area (Å²) in [6.07, 6.45) is -12.8. The molecule has 0 spiro atoms. The molecule has 0 saturated heterocycles. The Balaban J connectivity index is 3.59. The quantitative estimate of drug-likeness (QED) is 0.241. The Kier molecular flexibility index (Phi) is 8.69. The molecular formula is C19H16F17NO. The van der Waals surface area contributed by atoms with E-state index in [1.165, 1.54) is 25.1 Å². The Labute approximate surface area is 202 Å². The van der Waals surface area contributed by atoms with Gasteiger partial charge in [0.15, 0.2) is 0 Å². The number of nitrogens with zero attached hydrogens (tertiary/aromatic N) is 1. The molecule has 2 nitrogen and oxygen atoms in total. The van der Waals surface area contributed by atoms with E-state index in [0.29, 0.717) is 7.11 Å². The summed E-state index contributed by atoms with van der Waals surface area (Å²) in [7, 11) is 3.33. The van der Waals surface area contributed by atoms with Gasteiger partial charge in [-0.05, 0) is 17.7 Å². The molecule has 1 aromatic carbocycles. The number of alkyl halides is 17. The number of methoxy groups -OCH3 is 1. The number of ether oxygens (including phenoxy) is 1. The molecule has 1 unspecified atom stereocenters. The Morgan fingerprint density at radius 2 is 1.03 bits per heavy atom. The molecule has 38 heavy (non-hydrogen) atoms. The molecule has 0 aromatic heterocycles. The number of hydrogen-bond donors (Lipinski definition) is 0. The van der Waals surface area contributed by atoms with Crippen molar-refractivity contribution in [3.8, 4) is 0 Å². The predicted octanol–water partition coefficient (Wildman–Crippen LogP) is 7.84. The van der Waals surface area contributed by atoms with Crippen LogP contribution in [0.15, 0.2) is 24.3 Å². The Morgan fingerprint density at radius 1 is 0.632 bits per heavy atom. The largest absolute Gasteiger partial charge is 0.460 e. The van der Waals surface area contributed by atoms with Crippen molar-refractivity contribution in [3.05, 3.63) is 29.8 Å². The zero-order valence-electron chi connectivity index (χ0n) is 18.9. The van der Waals surface area contributed by atoms with Gasteiger partial charge in [-0.3, -0.25) is 0 Å². The van der Waals surface area contributed by atoms with Gasteiger partial charge in [0.1, 0.15) is 0 Å². The van der Waals surface area contributed by atoms with Crippen molar-refractivity contribution >= 4 is 5.69 Å². The van der Waals surface area contributed by atoms with E-state index < -0.39 is 65.7 Å². The molecule has 0 heterocycles. The van der Waals surface area contributed by atoms with Gasteiger partial charge in [0.05, 0.1) is 6.10 Å². The second kappa shape index (κ2) is 9.76. The lowest BCUT2D eigenvalue weighted by atomic mass is 9.87. The lowest BCUT2D eigenvalue weighted by Crippen LogP contribution is -2.74. The monoisotopic (exact) mass is 597 g/mol. The van der Waals surface area contributed by atoms with E-state index in [9.17, 15) is 74.6 Å². The first-order valence-corrected chi connectivity index (χ1v) is 9.60. The Bertz CT molecular complexity index is 970. The van der Waals surface area contributed by atoms with E-state index >= 15 is 0 Å². The lowest BCUT2D eigenvalue weighted by molar-refractivity contribution is -0.462. The first-order chi connectivity index (χ1) is 16.6. The van der Waals surface area contributed by atoms with E-state index in [1.54, 1.807) is 0 Å². The van der Waals surface area contributed by atoms with Gasteiger partial charge in [-0.2, -0.15) is 74.6 Å². The van der Waals surface area contributed by atoms with Gasteiger partial charge in [0, 0.05) is 33.3 Å². The molecule has 222 valence electrons. The van der Waals surface area contributed by atoms with Crippen LogP contribution in [0.3, 0.4) is 0 Å². The maximum absolute atomic E-state index is 14.3. The lowest BCUT2D eigenvalue weighted by Gasteiger charge is -2.43. The summed E-state index contributed by atoms with van der Waals surface area (Å²) < 4.78 is 232. The van der Waals surface area contributed by atoms with Gasteiger partial charge >= 0.3 is 47.6 Å². The second-order valence-corrected chi connectivity index (χ2v) is 8.07. The van der Waals surface area contributed by atoms with Crippen molar-refractivity contribution in [1.82, 2.24) is 0 Å². The Morgan fingerprint density at radius 3 is 1.39 bits per heavy atom. The van der Waals surface area contributed by atoms with Gasteiger partial charge < -0.3 is 9.64 Å². The number of rotatable bonds is 11. The summed E-state index contributed by atoms with van der Waals surface area (Å²) in [6.45, 7) is 0. The number of halogens is 17. The van der Waals surface area contributed by atoms with Gasteiger partial charge in [-0.25, -0.2) is 0 Å². The highest BCUT2D eigenvalue weighted by Crippen LogP contribution is 2.64. The minimum Gasteiger partial charge on any atom is -0.378 e. The van der Waals surface area contributed by atoms with Gasteiger partial charge in [-0.1, -0.05) is 12.1 Å². The van der Waals surface area contributed by atoms with Crippen molar-refractivity contribution in [2.45, 2.75) is 60.2 Å². The van der Waals surface area contributed by atoms with Crippen molar-refractivity contribution in [3.63, 3.8) is 0 Å². The summed E-state index contributed by atoms with van der Waals surface area (Å²) in [6, 6.07) is 4.29. The van der Waals surface area contributed by atoms with Crippen LogP contribution >= 0.6 is 0 Å². The third kappa shape index (κ3) is 4.94. The molecule has 0 N–H and O–H groups in total. The fraction of sp³-hybridized carbons (Fsp3) is 0.684. The predicted molar refractivity (Wildman–Crippen MR) is 95.8 cm³/mol. The molecular weight excluding hydrogens is 581 g/mol. The van der Waals surface area contributed by atoms with E-state index in [2.05, 4.69) is 4.74 Å².